The number of aromatic nitrogens is 2. The van der Waals surface area contributed by atoms with E-state index in [4.69, 9.17) is 14.0 Å². The molecule has 262 valence electrons. The van der Waals surface area contributed by atoms with Gasteiger partial charge in [0.15, 0.2) is 0 Å². The molecule has 1 aliphatic rings. The number of nitrogens with one attached hydrogen (secondary N) is 1. The van der Waals surface area contributed by atoms with Crippen LogP contribution in [0.2, 0.25) is 0 Å². The number of alkyl carbamates (subject to hydrolysis) is 1. The Hall–Kier alpha value is -3.64. The lowest BCUT2D eigenvalue weighted by molar-refractivity contribution is -0.138. The molecular weight excluding hydrogens is 615 g/mol. The first-order valence-corrected chi connectivity index (χ1v) is 16.6. The van der Waals surface area contributed by atoms with Gasteiger partial charge >= 0.3 is 18.4 Å². The second-order valence-corrected chi connectivity index (χ2v) is 14.0. The summed E-state index contributed by atoms with van der Waals surface area (Å²) in [4.78, 5) is 34.7. The lowest BCUT2D eigenvalue weighted by Gasteiger charge is -2.39. The molecule has 1 aromatic heterocycles. The molecule has 0 bridgehead atoms. The minimum absolute atomic E-state index is 0.0492. The first-order chi connectivity index (χ1) is 21.9. The number of amides is 2. The highest BCUT2D eigenvalue weighted by Crippen LogP contribution is 2.36. The standard InChI is InChI=1S/C34H50F3N5O5/c1-8-9-10-11-12-13-14-15-16-17-23-18-19-24(20-26(23)34(35,36)37)27-38-28(47-41-27)25-21-42(22-25)29(39-30(43)45-32(2,3)4)40-31(44)46-33(5,6)7/h18-20,25H,8-17,21-22H2,1-7H3,(H,39,40,43,44). The minimum Gasteiger partial charge on any atom is -0.444 e. The molecule has 47 heavy (non-hydrogen) atoms. The predicted molar refractivity (Wildman–Crippen MR) is 173 cm³/mol. The quantitative estimate of drug-likeness (QED) is 0.136. The van der Waals surface area contributed by atoms with Gasteiger partial charge < -0.3 is 18.9 Å². The fourth-order valence-corrected chi connectivity index (χ4v) is 5.09. The fourth-order valence-electron chi connectivity index (χ4n) is 5.09. The van der Waals surface area contributed by atoms with Crippen molar-refractivity contribution < 1.29 is 36.8 Å². The Morgan fingerprint density at radius 2 is 1.53 bits per heavy atom. The van der Waals surface area contributed by atoms with Crippen molar-refractivity contribution in [2.75, 3.05) is 13.1 Å². The summed E-state index contributed by atoms with van der Waals surface area (Å²) in [6.45, 7) is 12.8. The Morgan fingerprint density at radius 1 is 0.936 bits per heavy atom. The van der Waals surface area contributed by atoms with E-state index in [0.717, 1.165) is 25.3 Å². The summed E-state index contributed by atoms with van der Waals surface area (Å²) in [5, 5.41) is 6.44. The maximum absolute atomic E-state index is 14.0. The summed E-state index contributed by atoms with van der Waals surface area (Å²) < 4.78 is 58.1. The predicted octanol–water partition coefficient (Wildman–Crippen LogP) is 9.04. The number of carbonyl (C=O) groups excluding carboxylic acids is 2. The minimum atomic E-state index is -4.52. The Labute approximate surface area is 275 Å². The molecule has 2 amide bonds. The molecule has 2 heterocycles. The zero-order chi connectivity index (χ0) is 34.8. The van der Waals surface area contributed by atoms with E-state index >= 15 is 0 Å². The maximum Gasteiger partial charge on any atom is 0.437 e. The molecule has 0 radical (unpaired) electrons. The van der Waals surface area contributed by atoms with Gasteiger partial charge in [0.1, 0.15) is 11.2 Å². The highest BCUT2D eigenvalue weighted by molar-refractivity contribution is 5.99. The molecule has 1 aromatic carbocycles. The highest BCUT2D eigenvalue weighted by Gasteiger charge is 2.37. The van der Waals surface area contributed by atoms with Gasteiger partial charge in [-0.3, -0.25) is 5.32 Å². The van der Waals surface area contributed by atoms with Gasteiger partial charge in [-0.25, -0.2) is 9.59 Å². The average Bonchev–Trinajstić information content (AvgIpc) is 3.38. The summed E-state index contributed by atoms with van der Waals surface area (Å²) >= 11 is 0. The number of halogens is 3. The normalized spacial score (nSPS) is 14.6. The van der Waals surface area contributed by atoms with Gasteiger partial charge in [-0.15, -0.1) is 4.99 Å². The molecule has 2 aromatic rings. The van der Waals surface area contributed by atoms with Crippen LogP contribution in [0.1, 0.15) is 129 Å². The van der Waals surface area contributed by atoms with Crippen molar-refractivity contribution in [2.45, 2.75) is 136 Å². The van der Waals surface area contributed by atoms with Crippen LogP contribution in [0.4, 0.5) is 22.8 Å². The number of hydrogen-bond acceptors (Lipinski definition) is 7. The molecule has 13 heteroatoms. The van der Waals surface area contributed by atoms with Crippen LogP contribution in [-0.2, 0) is 22.1 Å². The molecule has 1 saturated heterocycles. The number of unbranched alkanes of at least 4 members (excludes halogenated alkanes) is 8. The van der Waals surface area contributed by atoms with Crippen molar-refractivity contribution in [1.29, 1.82) is 0 Å². The number of alkyl halides is 3. The van der Waals surface area contributed by atoms with E-state index in [-0.39, 0.29) is 47.8 Å². The molecule has 10 nitrogen and oxygen atoms in total. The van der Waals surface area contributed by atoms with Gasteiger partial charge in [0.05, 0.1) is 11.5 Å². The van der Waals surface area contributed by atoms with Gasteiger partial charge in [0.25, 0.3) is 0 Å². The number of benzene rings is 1. The van der Waals surface area contributed by atoms with Crippen molar-refractivity contribution >= 4 is 18.1 Å². The number of carbonyl (C=O) groups is 2. The molecule has 0 atom stereocenters. The van der Waals surface area contributed by atoms with Crippen molar-refractivity contribution in [2.24, 2.45) is 4.99 Å². The van der Waals surface area contributed by atoms with E-state index in [0.29, 0.717) is 12.8 Å². The first kappa shape index (κ1) is 37.8. The SMILES string of the molecule is CCCCCCCCCCCc1ccc(-c2noc(C3CN(C(=NC(=O)OC(C)(C)C)NC(=O)OC(C)(C)C)C3)n2)cc1C(F)(F)F. The number of nitrogens with zero attached hydrogens (tertiary/aromatic N) is 4. The lowest BCUT2D eigenvalue weighted by Crippen LogP contribution is -2.55. The van der Waals surface area contributed by atoms with Crippen LogP contribution in [0.5, 0.6) is 0 Å². The van der Waals surface area contributed by atoms with Crippen LogP contribution in [0.15, 0.2) is 27.7 Å². The lowest BCUT2D eigenvalue weighted by atomic mass is 9.97. The van der Waals surface area contributed by atoms with Gasteiger partial charge in [-0.05, 0) is 66.0 Å². The number of guanidine groups is 1. The Bertz CT molecular complexity index is 1360. The zero-order valence-corrected chi connectivity index (χ0v) is 28.8. The Balaban J connectivity index is 1.64. The highest BCUT2D eigenvalue weighted by atomic mass is 19.4. The summed E-state index contributed by atoms with van der Waals surface area (Å²) in [7, 11) is 0. The number of aryl methyl sites for hydroxylation is 1. The van der Waals surface area contributed by atoms with Crippen molar-refractivity contribution in [3.8, 4) is 11.4 Å². The van der Waals surface area contributed by atoms with Crippen LogP contribution in [-0.4, -0.2) is 57.5 Å². The maximum atomic E-state index is 14.0. The van der Waals surface area contributed by atoms with Gasteiger partial charge in [-0.1, -0.05) is 75.6 Å². The Morgan fingerprint density at radius 3 is 2.11 bits per heavy atom. The van der Waals surface area contributed by atoms with Crippen LogP contribution in [0.3, 0.4) is 0 Å². The average molecular weight is 666 g/mol. The topological polar surface area (TPSA) is 119 Å². The second-order valence-electron chi connectivity index (χ2n) is 14.0. The number of rotatable bonds is 12. The van der Waals surface area contributed by atoms with E-state index in [1.54, 1.807) is 52.5 Å². The van der Waals surface area contributed by atoms with Gasteiger partial charge in [-0.2, -0.15) is 18.2 Å². The zero-order valence-electron chi connectivity index (χ0n) is 28.8. The van der Waals surface area contributed by atoms with E-state index < -0.39 is 35.1 Å². The van der Waals surface area contributed by atoms with Crippen LogP contribution in [0.25, 0.3) is 11.4 Å². The largest absolute Gasteiger partial charge is 0.444 e. The third-order valence-electron chi connectivity index (χ3n) is 7.40. The van der Waals surface area contributed by atoms with E-state index in [1.165, 1.54) is 38.2 Å². The summed E-state index contributed by atoms with van der Waals surface area (Å²) in [5.41, 5.74) is -1.80. The number of aliphatic imine (C=N–C) groups is 1. The summed E-state index contributed by atoms with van der Waals surface area (Å²) in [6, 6.07) is 4.18. The smallest absolute Gasteiger partial charge is 0.437 e. The van der Waals surface area contributed by atoms with Crippen LogP contribution < -0.4 is 5.32 Å². The molecule has 1 N–H and O–H groups in total. The molecule has 0 saturated carbocycles. The van der Waals surface area contributed by atoms with Crippen LogP contribution >= 0.6 is 0 Å². The second kappa shape index (κ2) is 16.5. The van der Waals surface area contributed by atoms with Crippen molar-refractivity contribution in [3.63, 3.8) is 0 Å². The molecule has 0 spiro atoms. The third-order valence-corrected chi connectivity index (χ3v) is 7.40. The van der Waals surface area contributed by atoms with E-state index in [2.05, 4.69) is 27.4 Å². The molecule has 1 fully saturated rings. The number of likely N-dealkylation sites (tertiary alicyclic amines) is 1. The summed E-state index contributed by atoms with van der Waals surface area (Å²) in [6.07, 6.45) is 3.99. The van der Waals surface area contributed by atoms with Crippen molar-refractivity contribution in [3.05, 3.63) is 35.2 Å². The molecule has 1 aliphatic heterocycles. The third kappa shape index (κ3) is 12.8. The van der Waals surface area contributed by atoms with Crippen molar-refractivity contribution in [1.82, 2.24) is 20.4 Å². The van der Waals surface area contributed by atoms with Gasteiger partial charge in [0.2, 0.25) is 17.7 Å². The Kier molecular flexibility index (Phi) is 13.2. The number of hydrogen-bond donors (Lipinski definition) is 1. The molecule has 3 rings (SSSR count). The van der Waals surface area contributed by atoms with E-state index in [9.17, 15) is 22.8 Å². The summed E-state index contributed by atoms with van der Waals surface area (Å²) in [5.74, 6) is -0.110. The molecule has 0 aliphatic carbocycles. The molecule has 0 unspecified atom stereocenters. The number of ether oxygens (including phenoxy) is 2. The first-order valence-electron chi connectivity index (χ1n) is 16.6. The van der Waals surface area contributed by atoms with Gasteiger partial charge in [0, 0.05) is 18.7 Å². The molecular formula is C34H50F3N5O5. The fraction of sp³-hybridized carbons (Fsp3) is 0.676. The monoisotopic (exact) mass is 665 g/mol. The van der Waals surface area contributed by atoms with E-state index in [1.807, 2.05) is 0 Å². The van der Waals surface area contributed by atoms with Crippen LogP contribution in [0, 0.1) is 0 Å².